The van der Waals surface area contributed by atoms with Gasteiger partial charge in [-0.05, 0) is 49.2 Å². The molecule has 0 radical (unpaired) electrons. The van der Waals surface area contributed by atoms with Crippen LogP contribution in [0.2, 0.25) is 0 Å². The zero-order chi connectivity index (χ0) is 23.0. The van der Waals surface area contributed by atoms with Crippen LogP contribution in [0, 0.1) is 0 Å². The number of ether oxygens (including phenoxy) is 2. The summed E-state index contributed by atoms with van der Waals surface area (Å²) >= 11 is 0. The highest BCUT2D eigenvalue weighted by atomic mass is 16.5. The number of benzene rings is 2. The lowest BCUT2D eigenvalue weighted by atomic mass is 10.1. The molecule has 0 saturated carbocycles. The summed E-state index contributed by atoms with van der Waals surface area (Å²) < 4.78 is 10.7. The normalized spacial score (nSPS) is 13.7. The third kappa shape index (κ3) is 5.52. The standard InChI is InChI=1S/C25H29N5O3/c1-32-21-11-8-12-22(33-2)24(21)27-25(31)26-19-10-7-9-18(17-19)20-13-14-23(29-28-20)30-15-5-3-4-6-16-30/h7-14,17H,3-6,15-16H2,1-2H3,(H2,26,27,31). The van der Waals surface area contributed by atoms with Crippen LogP contribution in [0.25, 0.3) is 11.3 Å². The van der Waals surface area contributed by atoms with Gasteiger partial charge in [-0.3, -0.25) is 0 Å². The van der Waals surface area contributed by atoms with Gasteiger partial charge in [0, 0.05) is 24.3 Å². The van der Waals surface area contributed by atoms with Gasteiger partial charge in [0.2, 0.25) is 0 Å². The molecule has 0 unspecified atom stereocenters. The molecule has 2 aromatic carbocycles. The van der Waals surface area contributed by atoms with Crippen LogP contribution in [0.5, 0.6) is 11.5 Å². The molecule has 1 aromatic heterocycles. The first-order valence-electron chi connectivity index (χ1n) is 11.2. The third-order valence-corrected chi connectivity index (χ3v) is 5.66. The van der Waals surface area contributed by atoms with E-state index >= 15 is 0 Å². The van der Waals surface area contributed by atoms with Crippen molar-refractivity contribution in [3.63, 3.8) is 0 Å². The summed E-state index contributed by atoms with van der Waals surface area (Å²) in [5.74, 6) is 1.94. The van der Waals surface area contributed by atoms with Crippen molar-refractivity contribution in [2.75, 3.05) is 42.8 Å². The minimum Gasteiger partial charge on any atom is -0.494 e. The fourth-order valence-electron chi connectivity index (χ4n) is 3.95. The van der Waals surface area contributed by atoms with Gasteiger partial charge in [-0.25, -0.2) is 4.79 Å². The first-order valence-corrected chi connectivity index (χ1v) is 11.2. The van der Waals surface area contributed by atoms with E-state index in [-0.39, 0.29) is 0 Å². The first kappa shape index (κ1) is 22.4. The maximum Gasteiger partial charge on any atom is 0.323 e. The molecular weight excluding hydrogens is 418 g/mol. The van der Waals surface area contributed by atoms with Crippen LogP contribution >= 0.6 is 0 Å². The summed E-state index contributed by atoms with van der Waals surface area (Å²) in [5, 5.41) is 14.5. The molecule has 1 aliphatic rings. The number of hydrogen-bond donors (Lipinski definition) is 2. The van der Waals surface area contributed by atoms with Gasteiger partial charge in [-0.1, -0.05) is 31.0 Å². The van der Waals surface area contributed by atoms with Crippen LogP contribution in [-0.2, 0) is 0 Å². The van der Waals surface area contributed by atoms with Crippen molar-refractivity contribution in [1.82, 2.24) is 10.2 Å². The zero-order valence-corrected chi connectivity index (χ0v) is 19.0. The van der Waals surface area contributed by atoms with Gasteiger partial charge < -0.3 is 25.0 Å². The maximum atomic E-state index is 12.6. The van der Waals surface area contributed by atoms with Crippen molar-refractivity contribution >= 4 is 23.2 Å². The predicted molar refractivity (Wildman–Crippen MR) is 130 cm³/mol. The summed E-state index contributed by atoms with van der Waals surface area (Å²) in [5.41, 5.74) is 2.73. The highest BCUT2D eigenvalue weighted by molar-refractivity contribution is 6.02. The predicted octanol–water partition coefficient (Wildman–Crippen LogP) is 5.19. The first-order chi connectivity index (χ1) is 16.2. The number of methoxy groups -OCH3 is 2. The van der Waals surface area contributed by atoms with Gasteiger partial charge in [-0.2, -0.15) is 0 Å². The summed E-state index contributed by atoms with van der Waals surface area (Å²) in [7, 11) is 3.08. The summed E-state index contributed by atoms with van der Waals surface area (Å²) in [4.78, 5) is 15.0. The van der Waals surface area contributed by atoms with Gasteiger partial charge in [0.05, 0.1) is 19.9 Å². The van der Waals surface area contributed by atoms with Crippen LogP contribution in [0.3, 0.4) is 0 Å². The Kier molecular flexibility index (Phi) is 7.24. The van der Waals surface area contributed by atoms with E-state index in [2.05, 4.69) is 25.7 Å². The lowest BCUT2D eigenvalue weighted by Crippen LogP contribution is -2.25. The Morgan fingerprint density at radius 2 is 1.55 bits per heavy atom. The second-order valence-corrected chi connectivity index (χ2v) is 7.88. The number of aromatic nitrogens is 2. The molecule has 172 valence electrons. The largest absolute Gasteiger partial charge is 0.494 e. The number of nitrogens with zero attached hydrogens (tertiary/aromatic N) is 3. The maximum absolute atomic E-state index is 12.6. The number of carbonyl (C=O) groups excluding carboxylic acids is 1. The molecule has 1 aliphatic heterocycles. The molecule has 2 amide bonds. The van der Waals surface area contributed by atoms with Crippen LogP contribution in [0.4, 0.5) is 22.0 Å². The minimum absolute atomic E-state index is 0.405. The zero-order valence-electron chi connectivity index (χ0n) is 19.0. The van der Waals surface area contributed by atoms with Crippen molar-refractivity contribution in [2.24, 2.45) is 0 Å². The molecule has 1 fully saturated rings. The Morgan fingerprint density at radius 1 is 0.848 bits per heavy atom. The number of hydrogen-bond acceptors (Lipinski definition) is 6. The summed E-state index contributed by atoms with van der Waals surface area (Å²) in [6.07, 6.45) is 4.94. The van der Waals surface area contributed by atoms with Gasteiger partial charge >= 0.3 is 6.03 Å². The van der Waals surface area contributed by atoms with E-state index in [1.807, 2.05) is 36.4 Å². The number of carbonyl (C=O) groups is 1. The summed E-state index contributed by atoms with van der Waals surface area (Å²) in [6, 6.07) is 16.4. The number of rotatable bonds is 6. The quantitative estimate of drug-likeness (QED) is 0.541. The monoisotopic (exact) mass is 447 g/mol. The van der Waals surface area contributed by atoms with Crippen LogP contribution < -0.4 is 25.0 Å². The highest BCUT2D eigenvalue weighted by Gasteiger charge is 2.14. The van der Waals surface area contributed by atoms with Gasteiger partial charge in [0.15, 0.2) is 5.82 Å². The molecule has 0 bridgehead atoms. The number of amides is 2. The number of nitrogens with one attached hydrogen (secondary N) is 2. The molecule has 8 nitrogen and oxygen atoms in total. The third-order valence-electron chi connectivity index (χ3n) is 5.66. The van der Waals surface area contributed by atoms with E-state index in [9.17, 15) is 4.79 Å². The van der Waals surface area contributed by atoms with Crippen molar-refractivity contribution < 1.29 is 14.3 Å². The molecule has 0 spiro atoms. The molecule has 3 aromatic rings. The fourth-order valence-corrected chi connectivity index (χ4v) is 3.95. The van der Waals surface area contributed by atoms with E-state index in [1.165, 1.54) is 25.7 Å². The van der Waals surface area contributed by atoms with Gasteiger partial charge in [-0.15, -0.1) is 10.2 Å². The number of urea groups is 1. The second-order valence-electron chi connectivity index (χ2n) is 7.88. The van der Waals surface area contributed by atoms with Crippen LogP contribution in [-0.4, -0.2) is 43.5 Å². The Labute approximate surface area is 193 Å². The molecule has 8 heteroatoms. The second kappa shape index (κ2) is 10.7. The van der Waals surface area contributed by atoms with Crippen molar-refractivity contribution in [2.45, 2.75) is 25.7 Å². The van der Waals surface area contributed by atoms with Gasteiger partial charge in [0.1, 0.15) is 17.2 Å². The van der Waals surface area contributed by atoms with Gasteiger partial charge in [0.25, 0.3) is 0 Å². The fraction of sp³-hybridized carbons (Fsp3) is 0.320. The average Bonchev–Trinajstić information content (AvgIpc) is 3.14. The van der Waals surface area contributed by atoms with Crippen molar-refractivity contribution in [3.8, 4) is 22.8 Å². The van der Waals surface area contributed by atoms with E-state index < -0.39 is 6.03 Å². The van der Waals surface area contributed by atoms with Crippen LogP contribution in [0.1, 0.15) is 25.7 Å². The van der Waals surface area contributed by atoms with E-state index in [4.69, 9.17) is 9.47 Å². The molecular formula is C25H29N5O3. The molecule has 33 heavy (non-hydrogen) atoms. The van der Waals surface area contributed by atoms with E-state index in [1.54, 1.807) is 32.4 Å². The van der Waals surface area contributed by atoms with Crippen molar-refractivity contribution in [3.05, 3.63) is 54.6 Å². The molecule has 0 atom stereocenters. The average molecular weight is 448 g/mol. The smallest absolute Gasteiger partial charge is 0.323 e. The van der Waals surface area contributed by atoms with E-state index in [0.29, 0.717) is 22.9 Å². The molecule has 2 heterocycles. The topological polar surface area (TPSA) is 88.6 Å². The van der Waals surface area contributed by atoms with Crippen molar-refractivity contribution in [1.29, 1.82) is 0 Å². The Morgan fingerprint density at radius 3 is 2.18 bits per heavy atom. The van der Waals surface area contributed by atoms with Crippen LogP contribution in [0.15, 0.2) is 54.6 Å². The molecule has 1 saturated heterocycles. The number of para-hydroxylation sites is 1. The minimum atomic E-state index is -0.405. The van der Waals surface area contributed by atoms with E-state index in [0.717, 1.165) is 30.2 Å². The molecule has 2 N–H and O–H groups in total. The summed E-state index contributed by atoms with van der Waals surface area (Å²) in [6.45, 7) is 2.05. The SMILES string of the molecule is COc1cccc(OC)c1NC(=O)Nc1cccc(-c2ccc(N3CCCCCC3)nn2)c1. The molecule has 4 rings (SSSR count). The lowest BCUT2D eigenvalue weighted by molar-refractivity contribution is 0.262. The lowest BCUT2D eigenvalue weighted by Gasteiger charge is -2.20. The molecule has 0 aliphatic carbocycles. The Bertz CT molecular complexity index is 1060. The Balaban J connectivity index is 1.45. The highest BCUT2D eigenvalue weighted by Crippen LogP contribution is 2.34. The Hall–Kier alpha value is -3.81. The number of anilines is 3.